The van der Waals surface area contributed by atoms with Gasteiger partial charge in [-0.05, 0) is 49.6 Å². The van der Waals surface area contributed by atoms with Gasteiger partial charge >= 0.3 is 0 Å². The van der Waals surface area contributed by atoms with E-state index in [2.05, 4.69) is 38.7 Å². The third-order valence-electron chi connectivity index (χ3n) is 5.56. The summed E-state index contributed by atoms with van der Waals surface area (Å²) >= 11 is 0. The molecule has 3 heteroatoms. The van der Waals surface area contributed by atoms with E-state index in [4.69, 9.17) is 4.74 Å². The molecule has 2 bridgehead atoms. The van der Waals surface area contributed by atoms with E-state index in [-0.39, 0.29) is 12.4 Å². The van der Waals surface area contributed by atoms with Crippen LogP contribution >= 0.6 is 12.4 Å². The van der Waals surface area contributed by atoms with Crippen LogP contribution in [0, 0.1) is 17.3 Å². The molecule has 3 aliphatic rings. The van der Waals surface area contributed by atoms with Crippen LogP contribution in [0.1, 0.15) is 47.0 Å². The van der Waals surface area contributed by atoms with Crippen LogP contribution in [0.3, 0.4) is 0 Å². The van der Waals surface area contributed by atoms with Crippen molar-refractivity contribution in [1.29, 1.82) is 0 Å². The van der Waals surface area contributed by atoms with Crippen molar-refractivity contribution < 1.29 is 4.74 Å². The summed E-state index contributed by atoms with van der Waals surface area (Å²) in [6.45, 7) is 14.4. The summed E-state index contributed by atoms with van der Waals surface area (Å²) in [5.41, 5.74) is 2.24. The minimum Gasteiger partial charge on any atom is -0.380 e. The summed E-state index contributed by atoms with van der Waals surface area (Å²) in [4.78, 5) is 2.42. The first-order valence-corrected chi connectivity index (χ1v) is 8.08. The van der Waals surface area contributed by atoms with Crippen molar-refractivity contribution in [1.82, 2.24) is 4.90 Å². The molecule has 2 unspecified atom stereocenters. The van der Waals surface area contributed by atoms with Crippen molar-refractivity contribution in [2.24, 2.45) is 17.3 Å². The van der Waals surface area contributed by atoms with Gasteiger partial charge in [-0.2, -0.15) is 0 Å². The molecule has 0 N–H and O–H groups in total. The number of allylic oxidation sites excluding steroid dienone is 1. The Balaban J connectivity index is 0.00000200. The summed E-state index contributed by atoms with van der Waals surface area (Å²) in [7, 11) is 0. The fourth-order valence-corrected chi connectivity index (χ4v) is 3.78. The van der Waals surface area contributed by atoms with Crippen molar-refractivity contribution in [2.45, 2.75) is 47.0 Å². The predicted octanol–water partition coefficient (Wildman–Crippen LogP) is 4.15. The highest BCUT2D eigenvalue weighted by molar-refractivity contribution is 5.85. The maximum absolute atomic E-state index is 5.82. The monoisotopic (exact) mass is 301 g/mol. The number of rotatable bonds is 8. The molecule has 3 aliphatic carbocycles. The van der Waals surface area contributed by atoms with Crippen LogP contribution < -0.4 is 0 Å². The topological polar surface area (TPSA) is 12.5 Å². The van der Waals surface area contributed by atoms with Gasteiger partial charge in [0.2, 0.25) is 0 Å². The van der Waals surface area contributed by atoms with Crippen LogP contribution in [0.25, 0.3) is 0 Å². The van der Waals surface area contributed by atoms with E-state index in [1.54, 1.807) is 5.57 Å². The van der Waals surface area contributed by atoms with Gasteiger partial charge < -0.3 is 9.64 Å². The van der Waals surface area contributed by atoms with E-state index < -0.39 is 0 Å². The number of hydrogen-bond donors (Lipinski definition) is 0. The number of hydrogen-bond acceptors (Lipinski definition) is 2. The Kier molecular flexibility index (Phi) is 7.03. The third-order valence-corrected chi connectivity index (χ3v) is 5.56. The summed E-state index contributed by atoms with van der Waals surface area (Å²) in [6.07, 6.45) is 6.38. The zero-order chi connectivity index (χ0) is 13.9. The number of ether oxygens (including phenoxy) is 1. The Morgan fingerprint density at radius 2 is 1.95 bits per heavy atom. The second kappa shape index (κ2) is 7.82. The smallest absolute Gasteiger partial charge is 0.0593 e. The fourth-order valence-electron chi connectivity index (χ4n) is 3.78. The number of fused-ring (bicyclic) bond motifs is 1. The molecular weight excluding hydrogens is 270 g/mol. The lowest BCUT2D eigenvalue weighted by Crippen LogP contribution is -2.48. The van der Waals surface area contributed by atoms with Crippen LogP contribution in [-0.2, 0) is 4.74 Å². The summed E-state index contributed by atoms with van der Waals surface area (Å²) in [5, 5.41) is 0. The number of halogens is 1. The zero-order valence-electron chi connectivity index (χ0n) is 13.7. The molecule has 0 spiro atoms. The average Bonchev–Trinajstić information content (AvgIpc) is 2.43. The Bertz CT molecular complexity index is 323. The number of likely N-dealkylation sites (N-methyl/N-ethyl adjacent to an activating group) is 1. The van der Waals surface area contributed by atoms with Gasteiger partial charge in [0.25, 0.3) is 0 Å². The van der Waals surface area contributed by atoms with Gasteiger partial charge in [0.15, 0.2) is 0 Å². The van der Waals surface area contributed by atoms with Gasteiger partial charge in [-0.25, -0.2) is 0 Å². The van der Waals surface area contributed by atoms with E-state index in [9.17, 15) is 0 Å². The maximum atomic E-state index is 5.82. The van der Waals surface area contributed by atoms with Gasteiger partial charge in [0.05, 0.1) is 13.2 Å². The van der Waals surface area contributed by atoms with Gasteiger partial charge in [0.1, 0.15) is 0 Å². The van der Waals surface area contributed by atoms with E-state index in [0.717, 1.165) is 51.1 Å². The molecule has 1 fully saturated rings. The molecule has 3 rings (SSSR count). The summed E-state index contributed by atoms with van der Waals surface area (Å²) in [5.74, 6) is 1.79. The van der Waals surface area contributed by atoms with Crippen molar-refractivity contribution in [3.05, 3.63) is 11.6 Å². The van der Waals surface area contributed by atoms with Crippen molar-refractivity contribution in [3.8, 4) is 0 Å². The SMILES string of the molecule is CCN(CC)CCOCCC1=CCC2CC1C2(C)C.Cl. The summed E-state index contributed by atoms with van der Waals surface area (Å²) < 4.78 is 5.82. The van der Waals surface area contributed by atoms with E-state index in [1.165, 1.54) is 12.8 Å². The molecule has 0 aliphatic heterocycles. The Morgan fingerprint density at radius 3 is 2.50 bits per heavy atom. The lowest BCUT2D eigenvalue weighted by molar-refractivity contribution is -0.0111. The van der Waals surface area contributed by atoms with Crippen molar-refractivity contribution >= 4 is 12.4 Å². The van der Waals surface area contributed by atoms with E-state index in [0.29, 0.717) is 5.41 Å². The fraction of sp³-hybridized carbons (Fsp3) is 0.882. The molecule has 0 aromatic carbocycles. The Morgan fingerprint density at radius 1 is 1.25 bits per heavy atom. The lowest BCUT2D eigenvalue weighted by atomic mass is 9.48. The molecular formula is C17H32ClNO. The Labute approximate surface area is 131 Å². The average molecular weight is 302 g/mol. The van der Waals surface area contributed by atoms with Crippen molar-refractivity contribution in [2.75, 3.05) is 32.8 Å². The predicted molar refractivity (Wildman–Crippen MR) is 88.6 cm³/mol. The lowest BCUT2D eigenvalue weighted by Gasteiger charge is -2.56. The maximum Gasteiger partial charge on any atom is 0.0593 e. The second-order valence-corrected chi connectivity index (χ2v) is 6.71. The molecule has 0 radical (unpaired) electrons. The molecule has 0 heterocycles. The Hall–Kier alpha value is -0.0500. The molecule has 2 nitrogen and oxygen atoms in total. The van der Waals surface area contributed by atoms with Crippen LogP contribution in [0.2, 0.25) is 0 Å². The molecule has 0 aromatic rings. The molecule has 20 heavy (non-hydrogen) atoms. The molecule has 2 atom stereocenters. The van der Waals surface area contributed by atoms with Gasteiger partial charge in [-0.15, -0.1) is 12.4 Å². The standard InChI is InChI=1S/C17H31NO.ClH/c1-5-18(6-2)10-12-19-11-9-14-7-8-15-13-16(14)17(15,3)4;/h7,15-16H,5-6,8-13H2,1-4H3;1H. The minimum atomic E-state index is 0. The summed E-state index contributed by atoms with van der Waals surface area (Å²) in [6, 6.07) is 0. The van der Waals surface area contributed by atoms with Gasteiger partial charge in [-0.3, -0.25) is 0 Å². The highest BCUT2D eigenvalue weighted by atomic mass is 35.5. The largest absolute Gasteiger partial charge is 0.380 e. The van der Waals surface area contributed by atoms with Crippen LogP contribution in [-0.4, -0.2) is 37.7 Å². The highest BCUT2D eigenvalue weighted by Gasteiger charge is 2.50. The van der Waals surface area contributed by atoms with E-state index >= 15 is 0 Å². The molecule has 0 amide bonds. The first-order chi connectivity index (χ1) is 9.09. The number of nitrogens with zero attached hydrogens (tertiary/aromatic N) is 1. The minimum absolute atomic E-state index is 0. The normalized spacial score (nSPS) is 26.8. The first-order valence-electron chi connectivity index (χ1n) is 8.08. The first kappa shape index (κ1) is 18.0. The molecule has 1 saturated carbocycles. The van der Waals surface area contributed by atoms with E-state index in [1.807, 2.05) is 0 Å². The molecule has 118 valence electrons. The quantitative estimate of drug-likeness (QED) is 0.493. The highest BCUT2D eigenvalue weighted by Crippen LogP contribution is 2.59. The molecule has 0 aromatic heterocycles. The zero-order valence-corrected chi connectivity index (χ0v) is 14.5. The van der Waals surface area contributed by atoms with Crippen molar-refractivity contribution in [3.63, 3.8) is 0 Å². The third kappa shape index (κ3) is 3.78. The van der Waals surface area contributed by atoms with Crippen LogP contribution in [0.5, 0.6) is 0 Å². The van der Waals surface area contributed by atoms with Crippen LogP contribution in [0.4, 0.5) is 0 Å². The van der Waals surface area contributed by atoms with Gasteiger partial charge in [0, 0.05) is 6.54 Å². The van der Waals surface area contributed by atoms with Gasteiger partial charge in [-0.1, -0.05) is 39.3 Å². The second-order valence-electron chi connectivity index (χ2n) is 6.71. The molecule has 0 saturated heterocycles. The van der Waals surface area contributed by atoms with Crippen LogP contribution in [0.15, 0.2) is 11.6 Å².